The van der Waals surface area contributed by atoms with Gasteiger partial charge in [0, 0.05) is 18.3 Å². The fourth-order valence-corrected chi connectivity index (χ4v) is 1.63. The van der Waals surface area contributed by atoms with Crippen LogP contribution in [0.2, 0.25) is 0 Å². The molecule has 6 nitrogen and oxygen atoms in total. The highest BCUT2D eigenvalue weighted by Crippen LogP contribution is 2.03. The number of aromatic nitrogens is 1. The summed E-state index contributed by atoms with van der Waals surface area (Å²) in [6.45, 7) is 2.85. The lowest BCUT2D eigenvalue weighted by Gasteiger charge is -2.16. The Kier molecular flexibility index (Phi) is 6.55. The number of nitrogens with zero attached hydrogens (tertiary/aromatic N) is 2. The van der Waals surface area contributed by atoms with E-state index in [0.717, 1.165) is 19.0 Å². The summed E-state index contributed by atoms with van der Waals surface area (Å²) in [4.78, 5) is 28.5. The third-order valence-corrected chi connectivity index (χ3v) is 2.82. The lowest BCUT2D eigenvalue weighted by Crippen LogP contribution is -2.35. The maximum Gasteiger partial charge on any atom is 0.328 e. The Hall–Kier alpha value is -2.21. The van der Waals surface area contributed by atoms with Crippen LogP contribution in [0.15, 0.2) is 24.4 Å². The summed E-state index contributed by atoms with van der Waals surface area (Å²) >= 11 is 0. The standard InChI is InChI=1S/C15H21N3O3/c1-11(8-9-18(2)3)17-15(21)13-6-4-12(10-16-13)5-7-14(19)20/h4-7,10-11H,8-9H2,1-3H3,(H,17,21)(H,19,20). The van der Waals surface area contributed by atoms with E-state index in [1.165, 1.54) is 12.3 Å². The van der Waals surface area contributed by atoms with Crippen molar-refractivity contribution in [3.05, 3.63) is 35.7 Å². The molecule has 0 bridgehead atoms. The minimum atomic E-state index is -1.02. The monoisotopic (exact) mass is 291 g/mol. The Balaban J connectivity index is 2.57. The van der Waals surface area contributed by atoms with E-state index in [1.54, 1.807) is 12.1 Å². The lowest BCUT2D eigenvalue weighted by molar-refractivity contribution is -0.131. The summed E-state index contributed by atoms with van der Waals surface area (Å²) in [7, 11) is 3.97. The minimum Gasteiger partial charge on any atom is -0.478 e. The van der Waals surface area contributed by atoms with E-state index < -0.39 is 5.97 Å². The van der Waals surface area contributed by atoms with Gasteiger partial charge in [-0.1, -0.05) is 6.07 Å². The smallest absolute Gasteiger partial charge is 0.328 e. The van der Waals surface area contributed by atoms with Gasteiger partial charge < -0.3 is 15.3 Å². The zero-order chi connectivity index (χ0) is 15.8. The third-order valence-electron chi connectivity index (χ3n) is 2.82. The van der Waals surface area contributed by atoms with Crippen molar-refractivity contribution in [2.24, 2.45) is 0 Å². The number of rotatable bonds is 7. The van der Waals surface area contributed by atoms with Crippen molar-refractivity contribution in [1.29, 1.82) is 0 Å². The Morgan fingerprint density at radius 2 is 2.14 bits per heavy atom. The first-order chi connectivity index (χ1) is 9.88. The highest BCUT2D eigenvalue weighted by atomic mass is 16.4. The Morgan fingerprint density at radius 3 is 2.67 bits per heavy atom. The van der Waals surface area contributed by atoms with Gasteiger partial charge in [0.1, 0.15) is 5.69 Å². The molecule has 0 radical (unpaired) electrons. The van der Waals surface area contributed by atoms with E-state index in [4.69, 9.17) is 5.11 Å². The Bertz CT molecular complexity index is 509. The highest BCUT2D eigenvalue weighted by Gasteiger charge is 2.10. The number of nitrogens with one attached hydrogen (secondary N) is 1. The van der Waals surface area contributed by atoms with Crippen LogP contribution >= 0.6 is 0 Å². The SMILES string of the molecule is CC(CCN(C)C)NC(=O)c1ccc(C=CC(=O)O)cn1. The normalized spacial score (nSPS) is 12.6. The van der Waals surface area contributed by atoms with E-state index in [2.05, 4.69) is 15.2 Å². The van der Waals surface area contributed by atoms with Gasteiger partial charge in [-0.2, -0.15) is 0 Å². The third kappa shape index (κ3) is 6.67. The average molecular weight is 291 g/mol. The van der Waals surface area contributed by atoms with Crippen molar-refractivity contribution in [2.75, 3.05) is 20.6 Å². The summed E-state index contributed by atoms with van der Waals surface area (Å²) in [5.41, 5.74) is 0.953. The average Bonchev–Trinajstić information content (AvgIpc) is 2.43. The second kappa shape index (κ2) is 8.16. The largest absolute Gasteiger partial charge is 0.478 e. The number of carbonyl (C=O) groups is 2. The predicted octanol–water partition coefficient (Wildman–Crippen LogP) is 1.25. The number of hydrogen-bond donors (Lipinski definition) is 2. The van der Waals surface area contributed by atoms with Crippen LogP contribution in [0.3, 0.4) is 0 Å². The number of carboxylic acids is 1. The molecule has 0 spiro atoms. The topological polar surface area (TPSA) is 82.5 Å². The second-order valence-corrected chi connectivity index (χ2v) is 5.11. The van der Waals surface area contributed by atoms with Gasteiger partial charge in [0.05, 0.1) is 0 Å². The Labute approximate surface area is 124 Å². The van der Waals surface area contributed by atoms with Gasteiger partial charge in [-0.25, -0.2) is 4.79 Å². The highest BCUT2D eigenvalue weighted by molar-refractivity contribution is 5.92. The zero-order valence-electron chi connectivity index (χ0n) is 12.5. The molecular weight excluding hydrogens is 270 g/mol. The summed E-state index contributed by atoms with van der Waals surface area (Å²) in [5, 5.41) is 11.4. The summed E-state index contributed by atoms with van der Waals surface area (Å²) < 4.78 is 0. The number of pyridine rings is 1. The van der Waals surface area contributed by atoms with Gasteiger partial charge in [-0.05, 0) is 51.7 Å². The number of carbonyl (C=O) groups excluding carboxylic acids is 1. The van der Waals surface area contributed by atoms with Gasteiger partial charge in [0.15, 0.2) is 0 Å². The van der Waals surface area contributed by atoms with E-state index in [1.807, 2.05) is 21.0 Å². The molecule has 0 aliphatic heterocycles. The fraction of sp³-hybridized carbons (Fsp3) is 0.400. The van der Waals surface area contributed by atoms with Crippen LogP contribution in [-0.2, 0) is 4.79 Å². The van der Waals surface area contributed by atoms with Crippen LogP contribution in [0.1, 0.15) is 29.4 Å². The van der Waals surface area contributed by atoms with Crippen LogP contribution in [0.25, 0.3) is 6.08 Å². The van der Waals surface area contributed by atoms with Gasteiger partial charge in [0.25, 0.3) is 5.91 Å². The summed E-state index contributed by atoms with van der Waals surface area (Å²) in [6, 6.07) is 3.30. The molecule has 114 valence electrons. The zero-order valence-corrected chi connectivity index (χ0v) is 12.5. The predicted molar refractivity (Wildman–Crippen MR) is 81.0 cm³/mol. The van der Waals surface area contributed by atoms with E-state index >= 15 is 0 Å². The maximum absolute atomic E-state index is 12.0. The first-order valence-corrected chi connectivity index (χ1v) is 6.71. The van der Waals surface area contributed by atoms with E-state index in [-0.39, 0.29) is 11.9 Å². The molecule has 21 heavy (non-hydrogen) atoms. The molecule has 1 rings (SSSR count). The maximum atomic E-state index is 12.0. The fourth-order valence-electron chi connectivity index (χ4n) is 1.63. The summed E-state index contributed by atoms with van der Waals surface area (Å²) in [6.07, 6.45) is 4.79. The van der Waals surface area contributed by atoms with Crippen molar-refractivity contribution in [3.63, 3.8) is 0 Å². The quantitative estimate of drug-likeness (QED) is 0.739. The molecule has 0 fully saturated rings. The van der Waals surface area contributed by atoms with Crippen LogP contribution in [0.5, 0.6) is 0 Å². The van der Waals surface area contributed by atoms with Crippen molar-refractivity contribution < 1.29 is 14.7 Å². The first-order valence-electron chi connectivity index (χ1n) is 6.71. The van der Waals surface area contributed by atoms with Crippen LogP contribution in [0.4, 0.5) is 0 Å². The van der Waals surface area contributed by atoms with Crippen LogP contribution in [-0.4, -0.2) is 53.5 Å². The number of amides is 1. The minimum absolute atomic E-state index is 0.0632. The molecule has 0 aromatic carbocycles. The first kappa shape index (κ1) is 16.8. The molecule has 1 unspecified atom stereocenters. The molecule has 1 aromatic rings. The molecular formula is C15H21N3O3. The molecule has 1 amide bonds. The molecule has 0 aliphatic rings. The molecule has 2 N–H and O–H groups in total. The number of hydrogen-bond acceptors (Lipinski definition) is 4. The molecule has 0 aliphatic carbocycles. The molecule has 1 atom stereocenters. The van der Waals surface area contributed by atoms with Gasteiger partial charge in [-0.3, -0.25) is 9.78 Å². The van der Waals surface area contributed by atoms with Crippen molar-refractivity contribution in [1.82, 2.24) is 15.2 Å². The second-order valence-electron chi connectivity index (χ2n) is 5.11. The van der Waals surface area contributed by atoms with Crippen LogP contribution in [0, 0.1) is 0 Å². The number of aliphatic carboxylic acids is 1. The van der Waals surface area contributed by atoms with E-state index in [0.29, 0.717) is 11.3 Å². The lowest BCUT2D eigenvalue weighted by atomic mass is 10.2. The number of carboxylic acid groups (broad SMARTS) is 1. The van der Waals surface area contributed by atoms with Crippen molar-refractivity contribution in [2.45, 2.75) is 19.4 Å². The molecule has 0 saturated heterocycles. The van der Waals surface area contributed by atoms with Crippen LogP contribution < -0.4 is 5.32 Å². The Morgan fingerprint density at radius 1 is 1.43 bits per heavy atom. The van der Waals surface area contributed by atoms with Crippen molar-refractivity contribution >= 4 is 18.0 Å². The summed E-state index contributed by atoms with van der Waals surface area (Å²) in [5.74, 6) is -1.25. The van der Waals surface area contributed by atoms with Gasteiger partial charge >= 0.3 is 5.97 Å². The van der Waals surface area contributed by atoms with Crippen molar-refractivity contribution in [3.8, 4) is 0 Å². The molecule has 0 saturated carbocycles. The molecule has 1 heterocycles. The molecule has 6 heteroatoms. The molecule has 1 aromatic heterocycles. The van der Waals surface area contributed by atoms with Gasteiger partial charge in [0.2, 0.25) is 0 Å². The van der Waals surface area contributed by atoms with E-state index in [9.17, 15) is 9.59 Å². The van der Waals surface area contributed by atoms with Gasteiger partial charge in [-0.15, -0.1) is 0 Å².